The van der Waals surface area contributed by atoms with E-state index in [4.69, 9.17) is 6.42 Å². The second kappa shape index (κ2) is 4.65. The Hall–Kier alpha value is -2.04. The van der Waals surface area contributed by atoms with Crippen molar-refractivity contribution in [3.8, 4) is 23.5 Å². The standard InChI is InChI=1S/C15H12O/c1-2-15(16)14-10-8-13(9-11-14)12-6-4-3-5-7-12/h1,3-11,15-16H. The van der Waals surface area contributed by atoms with E-state index in [-0.39, 0.29) is 0 Å². The molecule has 78 valence electrons. The Bertz CT molecular complexity index is 491. The fraction of sp³-hybridized carbons (Fsp3) is 0.0667. The Labute approximate surface area is 95.4 Å². The van der Waals surface area contributed by atoms with E-state index >= 15 is 0 Å². The first-order chi connectivity index (χ1) is 7.81. The van der Waals surface area contributed by atoms with E-state index in [9.17, 15) is 5.11 Å². The quantitative estimate of drug-likeness (QED) is 0.752. The Kier molecular flexibility index (Phi) is 3.05. The maximum absolute atomic E-state index is 9.45. The van der Waals surface area contributed by atoms with Crippen LogP contribution in [0.15, 0.2) is 54.6 Å². The molecular weight excluding hydrogens is 196 g/mol. The summed E-state index contributed by atoms with van der Waals surface area (Å²) < 4.78 is 0. The van der Waals surface area contributed by atoms with Gasteiger partial charge in [0.2, 0.25) is 0 Å². The number of aliphatic hydroxyl groups is 1. The molecular formula is C15H12O. The molecule has 2 aromatic rings. The van der Waals surface area contributed by atoms with Crippen LogP contribution in [0.4, 0.5) is 0 Å². The van der Waals surface area contributed by atoms with E-state index in [2.05, 4.69) is 5.92 Å². The molecule has 0 aromatic heterocycles. The van der Waals surface area contributed by atoms with Gasteiger partial charge in [0.25, 0.3) is 0 Å². The van der Waals surface area contributed by atoms with Crippen molar-refractivity contribution >= 4 is 0 Å². The number of rotatable bonds is 2. The summed E-state index contributed by atoms with van der Waals surface area (Å²) in [6.45, 7) is 0. The fourth-order valence-corrected chi connectivity index (χ4v) is 1.58. The van der Waals surface area contributed by atoms with Crippen molar-refractivity contribution in [2.45, 2.75) is 6.10 Å². The number of benzene rings is 2. The van der Waals surface area contributed by atoms with Crippen LogP contribution >= 0.6 is 0 Å². The van der Waals surface area contributed by atoms with Gasteiger partial charge in [-0.25, -0.2) is 0 Å². The zero-order valence-corrected chi connectivity index (χ0v) is 8.80. The highest BCUT2D eigenvalue weighted by Crippen LogP contribution is 2.21. The van der Waals surface area contributed by atoms with E-state index in [1.807, 2.05) is 54.6 Å². The first kappa shape index (κ1) is 10.5. The third kappa shape index (κ3) is 2.13. The summed E-state index contributed by atoms with van der Waals surface area (Å²) in [5.74, 6) is 2.30. The van der Waals surface area contributed by atoms with Crippen LogP contribution in [0.25, 0.3) is 11.1 Å². The minimum absolute atomic E-state index is 0.752. The normalized spacial score (nSPS) is 11.8. The van der Waals surface area contributed by atoms with Crippen LogP contribution in [0.2, 0.25) is 0 Å². The Balaban J connectivity index is 2.31. The number of aliphatic hydroxyl groups excluding tert-OH is 1. The maximum atomic E-state index is 9.45. The molecule has 2 rings (SSSR count). The molecule has 0 bridgehead atoms. The summed E-state index contributed by atoms with van der Waals surface area (Å²) in [6, 6.07) is 17.7. The van der Waals surface area contributed by atoms with Gasteiger partial charge in [-0.05, 0) is 16.7 Å². The molecule has 0 amide bonds. The average Bonchev–Trinajstić information content (AvgIpc) is 2.39. The molecule has 0 aliphatic carbocycles. The molecule has 0 fully saturated rings. The monoisotopic (exact) mass is 208 g/mol. The predicted molar refractivity (Wildman–Crippen MR) is 65.7 cm³/mol. The lowest BCUT2D eigenvalue weighted by molar-refractivity contribution is 0.238. The van der Waals surface area contributed by atoms with Crippen molar-refractivity contribution in [2.75, 3.05) is 0 Å². The van der Waals surface area contributed by atoms with Gasteiger partial charge in [0, 0.05) is 0 Å². The van der Waals surface area contributed by atoms with Crippen molar-refractivity contribution in [3.63, 3.8) is 0 Å². The largest absolute Gasteiger partial charge is 0.376 e. The minimum Gasteiger partial charge on any atom is -0.376 e. The van der Waals surface area contributed by atoms with Crippen LogP contribution < -0.4 is 0 Å². The molecule has 0 saturated carbocycles. The summed E-state index contributed by atoms with van der Waals surface area (Å²) in [4.78, 5) is 0. The van der Waals surface area contributed by atoms with Gasteiger partial charge in [0.05, 0.1) is 0 Å². The zero-order valence-electron chi connectivity index (χ0n) is 8.80. The Morgan fingerprint density at radius 3 is 2.00 bits per heavy atom. The van der Waals surface area contributed by atoms with Crippen LogP contribution in [-0.4, -0.2) is 5.11 Å². The SMILES string of the molecule is C#CC(O)c1ccc(-c2ccccc2)cc1. The van der Waals surface area contributed by atoms with Crippen LogP contribution in [0.3, 0.4) is 0 Å². The molecule has 0 heterocycles. The third-order valence-corrected chi connectivity index (χ3v) is 2.49. The zero-order chi connectivity index (χ0) is 11.4. The predicted octanol–water partition coefficient (Wildman–Crippen LogP) is 3.02. The van der Waals surface area contributed by atoms with E-state index in [1.54, 1.807) is 0 Å². The molecule has 0 saturated heterocycles. The molecule has 1 N–H and O–H groups in total. The number of terminal acetylenes is 1. The van der Waals surface area contributed by atoms with Gasteiger partial charge in [0.15, 0.2) is 0 Å². The van der Waals surface area contributed by atoms with E-state index in [0.29, 0.717) is 0 Å². The first-order valence-electron chi connectivity index (χ1n) is 5.11. The number of hydrogen-bond acceptors (Lipinski definition) is 1. The van der Waals surface area contributed by atoms with Crippen molar-refractivity contribution in [3.05, 3.63) is 60.2 Å². The van der Waals surface area contributed by atoms with Gasteiger partial charge in [0.1, 0.15) is 6.10 Å². The lowest BCUT2D eigenvalue weighted by Gasteiger charge is -2.05. The van der Waals surface area contributed by atoms with Gasteiger partial charge >= 0.3 is 0 Å². The maximum Gasteiger partial charge on any atom is 0.139 e. The average molecular weight is 208 g/mol. The van der Waals surface area contributed by atoms with Crippen molar-refractivity contribution in [1.29, 1.82) is 0 Å². The lowest BCUT2D eigenvalue weighted by atomic mass is 10.0. The van der Waals surface area contributed by atoms with Gasteiger partial charge in [-0.15, -0.1) is 6.42 Å². The van der Waals surface area contributed by atoms with Gasteiger partial charge in [-0.2, -0.15) is 0 Å². The Morgan fingerprint density at radius 1 is 0.875 bits per heavy atom. The molecule has 0 aliphatic rings. The third-order valence-electron chi connectivity index (χ3n) is 2.49. The van der Waals surface area contributed by atoms with Gasteiger partial charge in [-0.3, -0.25) is 0 Å². The molecule has 0 spiro atoms. The van der Waals surface area contributed by atoms with Gasteiger partial charge < -0.3 is 5.11 Å². The lowest BCUT2D eigenvalue weighted by Crippen LogP contribution is -1.92. The second-order valence-corrected chi connectivity index (χ2v) is 3.56. The summed E-state index contributed by atoms with van der Waals surface area (Å²) in [6.07, 6.45) is 4.34. The van der Waals surface area contributed by atoms with Crippen LogP contribution in [0.1, 0.15) is 11.7 Å². The summed E-state index contributed by atoms with van der Waals surface area (Å²) in [7, 11) is 0. The topological polar surface area (TPSA) is 20.2 Å². The molecule has 1 heteroatoms. The van der Waals surface area contributed by atoms with E-state index in [1.165, 1.54) is 0 Å². The first-order valence-corrected chi connectivity index (χ1v) is 5.11. The minimum atomic E-state index is -0.815. The molecule has 1 atom stereocenters. The second-order valence-electron chi connectivity index (χ2n) is 3.56. The van der Waals surface area contributed by atoms with Crippen LogP contribution in [-0.2, 0) is 0 Å². The van der Waals surface area contributed by atoms with Crippen LogP contribution in [0.5, 0.6) is 0 Å². The molecule has 0 radical (unpaired) electrons. The van der Waals surface area contributed by atoms with Crippen molar-refractivity contribution in [2.24, 2.45) is 0 Å². The molecule has 1 unspecified atom stereocenters. The Morgan fingerprint density at radius 2 is 1.44 bits per heavy atom. The molecule has 0 aliphatic heterocycles. The summed E-state index contributed by atoms with van der Waals surface area (Å²) in [5, 5.41) is 9.45. The highest BCUT2D eigenvalue weighted by Gasteiger charge is 2.03. The highest BCUT2D eigenvalue weighted by atomic mass is 16.3. The molecule has 2 aromatic carbocycles. The van der Waals surface area contributed by atoms with E-state index in [0.717, 1.165) is 16.7 Å². The summed E-state index contributed by atoms with van der Waals surface area (Å²) >= 11 is 0. The summed E-state index contributed by atoms with van der Waals surface area (Å²) in [5.41, 5.74) is 3.03. The fourth-order valence-electron chi connectivity index (χ4n) is 1.58. The number of hydrogen-bond donors (Lipinski definition) is 1. The smallest absolute Gasteiger partial charge is 0.139 e. The highest BCUT2D eigenvalue weighted by molar-refractivity contribution is 5.63. The molecule has 16 heavy (non-hydrogen) atoms. The van der Waals surface area contributed by atoms with Crippen LogP contribution in [0, 0.1) is 12.3 Å². The van der Waals surface area contributed by atoms with Gasteiger partial charge in [-0.1, -0.05) is 60.5 Å². The molecule has 1 nitrogen and oxygen atoms in total. The van der Waals surface area contributed by atoms with Crippen molar-refractivity contribution < 1.29 is 5.11 Å². The van der Waals surface area contributed by atoms with Crippen molar-refractivity contribution in [1.82, 2.24) is 0 Å². The van der Waals surface area contributed by atoms with E-state index < -0.39 is 6.10 Å².